The van der Waals surface area contributed by atoms with Crippen LogP contribution in [0.3, 0.4) is 0 Å². The van der Waals surface area contributed by atoms with Crippen molar-refractivity contribution in [3.05, 3.63) is 30.0 Å². The van der Waals surface area contributed by atoms with Crippen LogP contribution in [0.4, 0.5) is 0 Å². The van der Waals surface area contributed by atoms with Crippen molar-refractivity contribution in [2.24, 2.45) is 12.8 Å². The fourth-order valence-electron chi connectivity index (χ4n) is 2.32. The van der Waals surface area contributed by atoms with E-state index in [0.717, 1.165) is 16.4 Å². The topological polar surface area (TPSA) is 70.4 Å². The third-order valence-corrected chi connectivity index (χ3v) is 3.11. The molecule has 2 aromatic heterocycles. The number of fused-ring (bicyclic) bond motifs is 3. The molecular formula is C13H12N2O3. The zero-order valence-electron chi connectivity index (χ0n) is 10.1. The maximum Gasteiger partial charge on any atom is 0.288 e. The molecule has 5 nitrogen and oxygen atoms in total. The number of aryl methyl sites for hydroxylation is 1. The van der Waals surface area contributed by atoms with Gasteiger partial charge in [0, 0.05) is 12.4 Å². The van der Waals surface area contributed by atoms with E-state index in [0.29, 0.717) is 11.3 Å². The molecule has 0 aliphatic heterocycles. The van der Waals surface area contributed by atoms with Gasteiger partial charge in [-0.25, -0.2) is 0 Å². The molecule has 0 bridgehead atoms. The number of primary amides is 1. The zero-order chi connectivity index (χ0) is 12.9. The van der Waals surface area contributed by atoms with Crippen molar-refractivity contribution in [3.63, 3.8) is 0 Å². The number of ether oxygens (including phenoxy) is 1. The first-order chi connectivity index (χ1) is 8.65. The number of para-hydroxylation sites is 1. The van der Waals surface area contributed by atoms with E-state index in [4.69, 9.17) is 14.9 Å². The van der Waals surface area contributed by atoms with Crippen molar-refractivity contribution >= 4 is 27.9 Å². The van der Waals surface area contributed by atoms with Gasteiger partial charge in [-0.3, -0.25) is 4.79 Å². The van der Waals surface area contributed by atoms with Crippen molar-refractivity contribution < 1.29 is 13.9 Å². The van der Waals surface area contributed by atoms with Gasteiger partial charge in [-0.2, -0.15) is 0 Å². The number of nitrogens with two attached hydrogens (primary N) is 1. The predicted molar refractivity (Wildman–Crippen MR) is 67.8 cm³/mol. The number of amides is 1. The lowest BCUT2D eigenvalue weighted by atomic mass is 10.2. The monoisotopic (exact) mass is 244 g/mol. The van der Waals surface area contributed by atoms with E-state index in [9.17, 15) is 4.79 Å². The Bertz CT molecular complexity index is 767. The molecule has 0 aliphatic carbocycles. The van der Waals surface area contributed by atoms with Crippen LogP contribution in [0.1, 0.15) is 10.6 Å². The summed E-state index contributed by atoms with van der Waals surface area (Å²) in [6.45, 7) is 0. The molecule has 1 amide bonds. The minimum atomic E-state index is -0.632. The number of benzene rings is 1. The Morgan fingerprint density at radius 3 is 2.78 bits per heavy atom. The van der Waals surface area contributed by atoms with Gasteiger partial charge < -0.3 is 19.5 Å². The summed E-state index contributed by atoms with van der Waals surface area (Å²) in [4.78, 5) is 11.3. The molecule has 0 fully saturated rings. The van der Waals surface area contributed by atoms with Gasteiger partial charge >= 0.3 is 0 Å². The van der Waals surface area contributed by atoms with Gasteiger partial charge in [0.25, 0.3) is 5.91 Å². The molecule has 5 heteroatoms. The Morgan fingerprint density at radius 1 is 1.39 bits per heavy atom. The molecule has 0 spiro atoms. The molecule has 92 valence electrons. The fourth-order valence-corrected chi connectivity index (χ4v) is 2.32. The third kappa shape index (κ3) is 1.18. The van der Waals surface area contributed by atoms with Crippen LogP contribution >= 0.6 is 0 Å². The van der Waals surface area contributed by atoms with E-state index in [1.807, 2.05) is 35.9 Å². The molecule has 18 heavy (non-hydrogen) atoms. The number of furan rings is 1. The lowest BCUT2D eigenvalue weighted by Crippen LogP contribution is -2.11. The average Bonchev–Trinajstić information content (AvgIpc) is 2.87. The summed E-state index contributed by atoms with van der Waals surface area (Å²) in [5.41, 5.74) is 7.67. The Morgan fingerprint density at radius 2 is 2.11 bits per heavy atom. The number of hydrogen-bond donors (Lipinski definition) is 1. The standard InChI is InChI=1S/C13H12N2O3/c1-15-8-6-4-3-5-7(8)10-9(15)11(17-2)12(18-10)13(14)16/h3-6H,1-2H3,(H2,14,16). The minimum absolute atomic E-state index is 0.0591. The maximum atomic E-state index is 11.3. The van der Waals surface area contributed by atoms with Crippen LogP contribution in [0.5, 0.6) is 5.75 Å². The van der Waals surface area contributed by atoms with E-state index in [1.54, 1.807) is 0 Å². The summed E-state index contributed by atoms with van der Waals surface area (Å²) in [6.07, 6.45) is 0. The molecule has 1 aromatic carbocycles. The second-order valence-corrected chi connectivity index (χ2v) is 4.08. The molecule has 2 N–H and O–H groups in total. The van der Waals surface area contributed by atoms with Crippen molar-refractivity contribution in [2.45, 2.75) is 0 Å². The first-order valence-corrected chi connectivity index (χ1v) is 5.49. The van der Waals surface area contributed by atoms with Gasteiger partial charge in [0.15, 0.2) is 11.3 Å². The van der Waals surface area contributed by atoms with Gasteiger partial charge in [0.2, 0.25) is 5.76 Å². The summed E-state index contributed by atoms with van der Waals surface area (Å²) in [5.74, 6) is -0.188. The third-order valence-electron chi connectivity index (χ3n) is 3.11. The lowest BCUT2D eigenvalue weighted by molar-refractivity contribution is 0.0972. The molecule has 0 saturated heterocycles. The van der Waals surface area contributed by atoms with Crippen LogP contribution in [0, 0.1) is 0 Å². The van der Waals surface area contributed by atoms with E-state index < -0.39 is 5.91 Å². The summed E-state index contributed by atoms with van der Waals surface area (Å²) >= 11 is 0. The highest BCUT2D eigenvalue weighted by Crippen LogP contribution is 2.38. The highest BCUT2D eigenvalue weighted by atomic mass is 16.5. The van der Waals surface area contributed by atoms with Gasteiger partial charge in [-0.1, -0.05) is 12.1 Å². The van der Waals surface area contributed by atoms with Gasteiger partial charge in [0.05, 0.1) is 12.6 Å². The van der Waals surface area contributed by atoms with Crippen molar-refractivity contribution in [3.8, 4) is 5.75 Å². The summed E-state index contributed by atoms with van der Waals surface area (Å²) in [7, 11) is 3.39. The number of aromatic nitrogens is 1. The van der Waals surface area contributed by atoms with Crippen molar-refractivity contribution in [1.29, 1.82) is 0 Å². The Labute approximate surface area is 103 Å². The lowest BCUT2D eigenvalue weighted by Gasteiger charge is -2.01. The second-order valence-electron chi connectivity index (χ2n) is 4.08. The smallest absolute Gasteiger partial charge is 0.288 e. The summed E-state index contributed by atoms with van der Waals surface area (Å²) in [6, 6.07) is 7.78. The van der Waals surface area contributed by atoms with E-state index in [2.05, 4.69) is 0 Å². The first-order valence-electron chi connectivity index (χ1n) is 5.49. The number of hydrogen-bond acceptors (Lipinski definition) is 3. The number of nitrogens with zero attached hydrogens (tertiary/aromatic N) is 1. The number of carbonyl (C=O) groups is 1. The Hall–Kier alpha value is -2.43. The Kier molecular flexibility index (Phi) is 2.10. The molecule has 3 aromatic rings. The fraction of sp³-hybridized carbons (Fsp3) is 0.154. The minimum Gasteiger partial charge on any atom is -0.491 e. The maximum absolute atomic E-state index is 11.3. The summed E-state index contributed by atoms with van der Waals surface area (Å²) in [5, 5.41) is 0.931. The van der Waals surface area contributed by atoms with Gasteiger partial charge in [0.1, 0.15) is 5.52 Å². The molecule has 0 aliphatic rings. The molecule has 2 heterocycles. The molecule has 3 rings (SSSR count). The normalized spacial score (nSPS) is 11.2. The van der Waals surface area contributed by atoms with Crippen LogP contribution in [0.2, 0.25) is 0 Å². The quantitative estimate of drug-likeness (QED) is 0.749. The number of rotatable bonds is 2. The van der Waals surface area contributed by atoms with E-state index >= 15 is 0 Å². The van der Waals surface area contributed by atoms with Crippen LogP contribution in [-0.4, -0.2) is 17.6 Å². The molecular weight excluding hydrogens is 232 g/mol. The van der Waals surface area contributed by atoms with Crippen LogP contribution < -0.4 is 10.5 Å². The van der Waals surface area contributed by atoms with Crippen LogP contribution in [0.25, 0.3) is 22.0 Å². The summed E-state index contributed by atoms with van der Waals surface area (Å²) < 4.78 is 12.8. The van der Waals surface area contributed by atoms with Crippen molar-refractivity contribution in [2.75, 3.05) is 7.11 Å². The molecule has 0 radical (unpaired) electrons. The highest BCUT2D eigenvalue weighted by molar-refractivity contribution is 6.10. The zero-order valence-corrected chi connectivity index (χ0v) is 10.1. The number of carbonyl (C=O) groups excluding carboxylic acids is 1. The molecule has 0 saturated carbocycles. The SMILES string of the molecule is COc1c(C(N)=O)oc2c3ccccc3n(C)c12. The average molecular weight is 244 g/mol. The first kappa shape index (κ1) is 10.7. The largest absolute Gasteiger partial charge is 0.491 e. The van der Waals surface area contributed by atoms with Crippen LogP contribution in [-0.2, 0) is 7.05 Å². The Balaban J connectivity index is 2.54. The second kappa shape index (κ2) is 3.53. The predicted octanol–water partition coefficient (Wildman–Crippen LogP) is 2.03. The molecule has 0 atom stereocenters. The molecule has 0 unspecified atom stereocenters. The van der Waals surface area contributed by atoms with Crippen molar-refractivity contribution in [1.82, 2.24) is 4.57 Å². The van der Waals surface area contributed by atoms with E-state index in [-0.39, 0.29) is 5.76 Å². The van der Waals surface area contributed by atoms with E-state index in [1.165, 1.54) is 7.11 Å². The van der Waals surface area contributed by atoms with Crippen LogP contribution in [0.15, 0.2) is 28.7 Å². The van der Waals surface area contributed by atoms with Gasteiger partial charge in [-0.15, -0.1) is 0 Å². The van der Waals surface area contributed by atoms with Gasteiger partial charge in [-0.05, 0) is 12.1 Å². The number of methoxy groups -OCH3 is 1. The highest BCUT2D eigenvalue weighted by Gasteiger charge is 2.24.